The number of fused-ring (bicyclic) bond motifs is 1. The Kier molecular flexibility index (Phi) is 4.00. The molecule has 19 heavy (non-hydrogen) atoms. The molecule has 0 aliphatic carbocycles. The molecule has 0 spiro atoms. The fourth-order valence-corrected chi connectivity index (χ4v) is 2.37. The molecule has 1 aromatic carbocycles. The number of anilines is 2. The second-order valence-electron chi connectivity index (χ2n) is 4.50. The Bertz CT molecular complexity index is 524. The molecule has 0 fully saturated rings. The molecule has 1 aliphatic rings. The van der Waals surface area contributed by atoms with Crippen LogP contribution in [0.25, 0.3) is 0 Å². The van der Waals surface area contributed by atoms with Gasteiger partial charge in [0.2, 0.25) is 5.91 Å². The van der Waals surface area contributed by atoms with Crippen molar-refractivity contribution in [2.75, 3.05) is 29.4 Å². The maximum Gasteiger partial charge on any atom is 0.241 e. The van der Waals surface area contributed by atoms with E-state index >= 15 is 0 Å². The van der Waals surface area contributed by atoms with E-state index in [1.165, 1.54) is 17.0 Å². The molecule has 0 atom stereocenters. The number of benzene rings is 1. The van der Waals surface area contributed by atoms with Gasteiger partial charge in [0, 0.05) is 19.6 Å². The highest BCUT2D eigenvalue weighted by Gasteiger charge is 2.26. The molecule has 0 aromatic heterocycles. The third kappa shape index (κ3) is 2.68. The molecule has 0 saturated heterocycles. The van der Waals surface area contributed by atoms with Crippen molar-refractivity contribution in [1.29, 1.82) is 5.26 Å². The van der Waals surface area contributed by atoms with Crippen molar-refractivity contribution in [1.82, 2.24) is 0 Å². The van der Waals surface area contributed by atoms with Gasteiger partial charge in [-0.05, 0) is 24.6 Å². The van der Waals surface area contributed by atoms with Crippen LogP contribution in [0, 0.1) is 17.1 Å². The summed E-state index contributed by atoms with van der Waals surface area (Å²) in [5, 5.41) is 8.62. The summed E-state index contributed by atoms with van der Waals surface area (Å²) in [6.45, 7) is 4.16. The molecule has 5 heteroatoms. The lowest BCUT2D eigenvalue weighted by molar-refractivity contribution is -0.117. The summed E-state index contributed by atoms with van der Waals surface area (Å²) in [7, 11) is 0. The lowest BCUT2D eigenvalue weighted by atomic mass is 10.1. The van der Waals surface area contributed by atoms with Crippen LogP contribution in [0.3, 0.4) is 0 Å². The summed E-state index contributed by atoms with van der Waals surface area (Å²) in [5.41, 5.74) is 1.43. The van der Waals surface area contributed by atoms with E-state index < -0.39 is 0 Å². The van der Waals surface area contributed by atoms with Gasteiger partial charge in [-0.15, -0.1) is 0 Å². The monoisotopic (exact) mass is 261 g/mol. The predicted molar refractivity (Wildman–Crippen MR) is 71.5 cm³/mol. The quantitative estimate of drug-likeness (QED) is 0.838. The van der Waals surface area contributed by atoms with E-state index in [4.69, 9.17) is 5.26 Å². The van der Waals surface area contributed by atoms with Crippen LogP contribution in [-0.2, 0) is 4.79 Å². The molecule has 1 aromatic rings. The third-order valence-electron chi connectivity index (χ3n) is 3.19. The highest BCUT2D eigenvalue weighted by Crippen LogP contribution is 2.34. The molecule has 4 nitrogen and oxygen atoms in total. The second kappa shape index (κ2) is 5.70. The molecule has 0 unspecified atom stereocenters. The van der Waals surface area contributed by atoms with E-state index in [2.05, 4.69) is 11.8 Å². The number of halogens is 1. The van der Waals surface area contributed by atoms with E-state index in [1.54, 1.807) is 6.07 Å². The maximum atomic E-state index is 13.4. The van der Waals surface area contributed by atoms with Crippen molar-refractivity contribution in [3.8, 4) is 6.07 Å². The summed E-state index contributed by atoms with van der Waals surface area (Å²) in [5.74, 6) is -0.641. The fraction of sp³-hybridized carbons (Fsp3) is 0.429. The van der Waals surface area contributed by atoms with Crippen molar-refractivity contribution < 1.29 is 9.18 Å². The van der Waals surface area contributed by atoms with Crippen LogP contribution in [0.15, 0.2) is 18.2 Å². The molecule has 0 radical (unpaired) electrons. The topological polar surface area (TPSA) is 47.3 Å². The molecule has 1 amide bonds. The summed E-state index contributed by atoms with van der Waals surface area (Å²) in [4.78, 5) is 15.6. The van der Waals surface area contributed by atoms with E-state index in [-0.39, 0.29) is 18.1 Å². The zero-order valence-electron chi connectivity index (χ0n) is 10.9. The Hall–Kier alpha value is -2.09. The van der Waals surface area contributed by atoms with Crippen LogP contribution < -0.4 is 9.80 Å². The Morgan fingerprint density at radius 3 is 2.89 bits per heavy atom. The van der Waals surface area contributed by atoms with Gasteiger partial charge in [-0.3, -0.25) is 4.79 Å². The summed E-state index contributed by atoms with van der Waals surface area (Å²) in [6.07, 6.45) is 0.812. The minimum absolute atomic E-state index is 0.177. The van der Waals surface area contributed by atoms with E-state index in [0.717, 1.165) is 18.7 Å². The van der Waals surface area contributed by atoms with Crippen molar-refractivity contribution >= 4 is 17.3 Å². The highest BCUT2D eigenvalue weighted by molar-refractivity contribution is 5.98. The van der Waals surface area contributed by atoms with Crippen LogP contribution in [0.5, 0.6) is 0 Å². The zero-order valence-corrected chi connectivity index (χ0v) is 10.9. The standard InChI is InChI=1S/C14H16FN3O/c1-2-7-17-8-9-18(14(19)5-6-16)13-10-11(15)3-4-12(13)17/h3-4,10H,2,5,7-9H2,1H3. The Morgan fingerprint density at radius 2 is 2.21 bits per heavy atom. The molecule has 0 saturated carbocycles. The first kappa shape index (κ1) is 13.3. The lowest BCUT2D eigenvalue weighted by Gasteiger charge is -2.37. The van der Waals surface area contributed by atoms with Gasteiger partial charge in [-0.25, -0.2) is 4.39 Å². The first-order valence-corrected chi connectivity index (χ1v) is 6.39. The first-order valence-electron chi connectivity index (χ1n) is 6.39. The van der Waals surface area contributed by atoms with Gasteiger partial charge in [-0.1, -0.05) is 6.92 Å². The fourth-order valence-electron chi connectivity index (χ4n) is 2.37. The van der Waals surface area contributed by atoms with Gasteiger partial charge in [-0.2, -0.15) is 5.26 Å². The molecule has 2 rings (SSSR count). The normalized spacial score (nSPS) is 13.9. The van der Waals surface area contributed by atoms with Gasteiger partial charge in [0.15, 0.2) is 0 Å². The summed E-state index contributed by atoms with van der Waals surface area (Å²) >= 11 is 0. The van der Waals surface area contributed by atoms with Crippen LogP contribution in [0.2, 0.25) is 0 Å². The number of hydrogen-bond acceptors (Lipinski definition) is 3. The minimum atomic E-state index is -0.369. The largest absolute Gasteiger partial charge is 0.368 e. The number of amides is 1. The summed E-state index contributed by atoms with van der Waals surface area (Å²) < 4.78 is 13.4. The van der Waals surface area contributed by atoms with Crippen molar-refractivity contribution in [2.24, 2.45) is 0 Å². The molecule has 100 valence electrons. The third-order valence-corrected chi connectivity index (χ3v) is 3.19. The van der Waals surface area contributed by atoms with Gasteiger partial charge < -0.3 is 9.80 Å². The van der Waals surface area contributed by atoms with Crippen LogP contribution in [-0.4, -0.2) is 25.5 Å². The molecular formula is C14H16FN3O. The van der Waals surface area contributed by atoms with Crippen molar-refractivity contribution in [3.05, 3.63) is 24.0 Å². The van der Waals surface area contributed by atoms with E-state index in [9.17, 15) is 9.18 Å². The molecule has 1 aliphatic heterocycles. The average molecular weight is 261 g/mol. The van der Waals surface area contributed by atoms with Crippen LogP contribution in [0.1, 0.15) is 19.8 Å². The van der Waals surface area contributed by atoms with Crippen molar-refractivity contribution in [3.63, 3.8) is 0 Å². The average Bonchev–Trinajstić information content (AvgIpc) is 2.39. The Balaban J connectivity index is 2.37. The van der Waals surface area contributed by atoms with Gasteiger partial charge >= 0.3 is 0 Å². The molecular weight excluding hydrogens is 245 g/mol. The number of rotatable bonds is 3. The Morgan fingerprint density at radius 1 is 1.42 bits per heavy atom. The van der Waals surface area contributed by atoms with Crippen molar-refractivity contribution in [2.45, 2.75) is 19.8 Å². The predicted octanol–water partition coefficient (Wildman–Crippen LogP) is 2.30. The Labute approximate surface area is 112 Å². The summed E-state index contributed by atoms with van der Waals surface area (Å²) in [6, 6.07) is 6.32. The maximum absolute atomic E-state index is 13.4. The number of carbonyl (C=O) groups is 1. The van der Waals surface area contributed by atoms with E-state index in [1.807, 2.05) is 6.07 Å². The molecule has 1 heterocycles. The zero-order chi connectivity index (χ0) is 13.8. The van der Waals surface area contributed by atoms with Gasteiger partial charge in [0.05, 0.1) is 17.4 Å². The molecule has 0 N–H and O–H groups in total. The lowest BCUT2D eigenvalue weighted by Crippen LogP contribution is -2.44. The number of nitrogens with zero attached hydrogens (tertiary/aromatic N) is 3. The van der Waals surface area contributed by atoms with Gasteiger partial charge in [0.25, 0.3) is 0 Å². The number of carbonyl (C=O) groups excluding carboxylic acids is 1. The highest BCUT2D eigenvalue weighted by atomic mass is 19.1. The smallest absolute Gasteiger partial charge is 0.241 e. The second-order valence-corrected chi connectivity index (χ2v) is 4.50. The van der Waals surface area contributed by atoms with E-state index in [0.29, 0.717) is 18.8 Å². The number of hydrogen-bond donors (Lipinski definition) is 0. The minimum Gasteiger partial charge on any atom is -0.368 e. The van der Waals surface area contributed by atoms with Crippen LogP contribution in [0.4, 0.5) is 15.8 Å². The SMILES string of the molecule is CCCN1CCN(C(=O)CC#N)c2cc(F)ccc21. The molecule has 0 bridgehead atoms. The van der Waals surface area contributed by atoms with Crippen LogP contribution >= 0.6 is 0 Å². The number of nitriles is 1. The van der Waals surface area contributed by atoms with Gasteiger partial charge in [0.1, 0.15) is 12.2 Å². The first-order chi connectivity index (χ1) is 9.17.